The van der Waals surface area contributed by atoms with Crippen LogP contribution in [0.3, 0.4) is 0 Å². The van der Waals surface area contributed by atoms with Gasteiger partial charge in [-0.25, -0.2) is 0 Å². The van der Waals surface area contributed by atoms with Crippen LogP contribution >= 0.6 is 0 Å². The van der Waals surface area contributed by atoms with Gasteiger partial charge in [-0.15, -0.1) is 0 Å². The predicted octanol–water partition coefficient (Wildman–Crippen LogP) is 3.65. The first-order valence-corrected chi connectivity index (χ1v) is 7.33. The summed E-state index contributed by atoms with van der Waals surface area (Å²) in [5.74, 6) is -0.508. The molecule has 0 bridgehead atoms. The maximum Gasteiger partial charge on any atom is 0.416 e. The van der Waals surface area contributed by atoms with Crippen LogP contribution in [-0.4, -0.2) is 17.7 Å². The van der Waals surface area contributed by atoms with Crippen molar-refractivity contribution in [2.75, 3.05) is 6.61 Å². The van der Waals surface area contributed by atoms with E-state index in [1.54, 1.807) is 6.92 Å². The molecule has 1 fully saturated rings. The number of carbonyl (C=O) groups excluding carboxylic acids is 1. The Balaban J connectivity index is 2.05. The first kappa shape index (κ1) is 16.8. The first-order valence-electron chi connectivity index (χ1n) is 7.33. The number of carbonyl (C=O) groups is 1. The van der Waals surface area contributed by atoms with E-state index in [9.17, 15) is 23.1 Å². The molecule has 0 saturated heterocycles. The topological polar surface area (TPSA) is 46.5 Å². The minimum atomic E-state index is -4.39. The van der Waals surface area contributed by atoms with Crippen molar-refractivity contribution in [3.63, 3.8) is 0 Å². The van der Waals surface area contributed by atoms with E-state index in [2.05, 4.69) is 0 Å². The number of alkyl halides is 3. The highest BCUT2D eigenvalue weighted by molar-refractivity contribution is 5.72. The predicted molar refractivity (Wildman–Crippen MR) is 73.9 cm³/mol. The van der Waals surface area contributed by atoms with E-state index < -0.39 is 17.3 Å². The van der Waals surface area contributed by atoms with Crippen molar-refractivity contribution >= 4 is 5.97 Å². The van der Waals surface area contributed by atoms with E-state index in [0.29, 0.717) is 37.9 Å². The molecule has 1 saturated carbocycles. The highest BCUT2D eigenvalue weighted by atomic mass is 19.4. The van der Waals surface area contributed by atoms with E-state index in [4.69, 9.17) is 4.74 Å². The second kappa shape index (κ2) is 6.28. The number of hydrogen-bond donors (Lipinski definition) is 1. The summed E-state index contributed by atoms with van der Waals surface area (Å²) in [6.45, 7) is 2.05. The van der Waals surface area contributed by atoms with Crippen molar-refractivity contribution in [3.8, 4) is 0 Å². The van der Waals surface area contributed by atoms with Gasteiger partial charge in [-0.1, -0.05) is 12.1 Å². The molecule has 1 aliphatic rings. The fourth-order valence-corrected chi connectivity index (χ4v) is 2.85. The zero-order valence-electron chi connectivity index (χ0n) is 12.3. The van der Waals surface area contributed by atoms with E-state index >= 15 is 0 Å². The van der Waals surface area contributed by atoms with Crippen molar-refractivity contribution < 1.29 is 27.8 Å². The zero-order valence-corrected chi connectivity index (χ0v) is 12.3. The molecule has 0 aromatic heterocycles. The van der Waals surface area contributed by atoms with Gasteiger partial charge < -0.3 is 9.84 Å². The van der Waals surface area contributed by atoms with Crippen LogP contribution in [0.5, 0.6) is 0 Å². The van der Waals surface area contributed by atoms with Gasteiger partial charge in [0.25, 0.3) is 0 Å². The molecule has 0 aliphatic heterocycles. The summed E-state index contributed by atoms with van der Waals surface area (Å²) >= 11 is 0. The number of benzene rings is 1. The maximum atomic E-state index is 12.6. The van der Waals surface area contributed by atoms with E-state index in [-0.39, 0.29) is 11.9 Å². The molecule has 2 rings (SSSR count). The largest absolute Gasteiger partial charge is 0.466 e. The molecule has 0 amide bonds. The molecule has 0 radical (unpaired) electrons. The third kappa shape index (κ3) is 3.61. The molecule has 1 aromatic carbocycles. The molecular weight excluding hydrogens is 297 g/mol. The number of rotatable bonds is 3. The van der Waals surface area contributed by atoms with E-state index in [1.165, 1.54) is 12.1 Å². The lowest BCUT2D eigenvalue weighted by Gasteiger charge is -2.35. The van der Waals surface area contributed by atoms with Crippen molar-refractivity contribution in [1.82, 2.24) is 0 Å². The van der Waals surface area contributed by atoms with Crippen LogP contribution in [0.4, 0.5) is 13.2 Å². The normalized spacial score (nSPS) is 25.8. The molecule has 0 unspecified atom stereocenters. The molecule has 122 valence electrons. The quantitative estimate of drug-likeness (QED) is 0.866. The first-order chi connectivity index (χ1) is 10.3. The molecular formula is C16H19F3O3. The minimum Gasteiger partial charge on any atom is -0.466 e. The van der Waals surface area contributed by atoms with Crippen LogP contribution in [0, 0.1) is 5.92 Å². The minimum absolute atomic E-state index is 0.241. The highest BCUT2D eigenvalue weighted by Crippen LogP contribution is 2.40. The molecule has 0 heterocycles. The van der Waals surface area contributed by atoms with Crippen LogP contribution < -0.4 is 0 Å². The smallest absolute Gasteiger partial charge is 0.416 e. The molecule has 0 spiro atoms. The van der Waals surface area contributed by atoms with Gasteiger partial charge in [0.15, 0.2) is 0 Å². The fourth-order valence-electron chi connectivity index (χ4n) is 2.85. The fraction of sp³-hybridized carbons (Fsp3) is 0.562. The van der Waals surface area contributed by atoms with Crippen molar-refractivity contribution in [2.24, 2.45) is 5.92 Å². The van der Waals surface area contributed by atoms with Gasteiger partial charge in [-0.05, 0) is 50.3 Å². The van der Waals surface area contributed by atoms with Crippen LogP contribution in [0.1, 0.15) is 43.7 Å². The number of halogens is 3. The lowest BCUT2D eigenvalue weighted by Crippen LogP contribution is -2.34. The van der Waals surface area contributed by atoms with Crippen molar-refractivity contribution in [3.05, 3.63) is 35.4 Å². The van der Waals surface area contributed by atoms with Crippen molar-refractivity contribution in [2.45, 2.75) is 44.4 Å². The molecule has 22 heavy (non-hydrogen) atoms. The third-order valence-electron chi connectivity index (χ3n) is 4.18. The average molecular weight is 316 g/mol. The standard InChI is InChI=1S/C16H19F3O3/c1-2-22-14(20)11-7-9-15(21,10-8-11)12-3-5-13(6-4-12)16(17,18)19/h3-6,11,21H,2,7-10H2,1H3. The third-order valence-corrected chi connectivity index (χ3v) is 4.18. The Kier molecular flexibility index (Phi) is 4.80. The summed E-state index contributed by atoms with van der Waals surface area (Å²) in [6, 6.07) is 4.58. The number of hydrogen-bond acceptors (Lipinski definition) is 3. The van der Waals surface area contributed by atoms with Gasteiger partial charge >= 0.3 is 12.1 Å². The summed E-state index contributed by atoms with van der Waals surface area (Å²) in [6.07, 6.45) is -2.78. The van der Waals surface area contributed by atoms with Crippen LogP contribution in [0.15, 0.2) is 24.3 Å². The molecule has 1 aromatic rings. The zero-order chi connectivity index (χ0) is 16.4. The van der Waals surface area contributed by atoms with Gasteiger partial charge in [0.2, 0.25) is 0 Å². The summed E-state index contributed by atoms with van der Waals surface area (Å²) < 4.78 is 42.6. The summed E-state index contributed by atoms with van der Waals surface area (Å²) in [4.78, 5) is 11.7. The monoisotopic (exact) mass is 316 g/mol. The maximum absolute atomic E-state index is 12.6. The second-order valence-corrected chi connectivity index (χ2v) is 5.63. The molecule has 0 atom stereocenters. The van der Waals surface area contributed by atoms with Gasteiger partial charge in [0.1, 0.15) is 0 Å². The van der Waals surface area contributed by atoms with E-state index in [1.807, 2.05) is 0 Å². The highest BCUT2D eigenvalue weighted by Gasteiger charge is 2.38. The van der Waals surface area contributed by atoms with E-state index in [0.717, 1.165) is 12.1 Å². The Morgan fingerprint density at radius 2 is 1.82 bits per heavy atom. The Morgan fingerprint density at radius 3 is 2.27 bits per heavy atom. The van der Waals surface area contributed by atoms with Gasteiger partial charge in [-0.2, -0.15) is 13.2 Å². The SMILES string of the molecule is CCOC(=O)C1CCC(O)(c2ccc(C(F)(F)F)cc2)CC1. The number of esters is 1. The van der Waals surface area contributed by atoms with Crippen molar-refractivity contribution in [1.29, 1.82) is 0 Å². The number of aliphatic hydroxyl groups is 1. The summed E-state index contributed by atoms with van der Waals surface area (Å²) in [5, 5.41) is 10.6. The molecule has 1 aliphatic carbocycles. The van der Waals surface area contributed by atoms with Gasteiger partial charge in [-0.3, -0.25) is 4.79 Å². The Bertz CT molecular complexity index is 514. The number of ether oxygens (including phenoxy) is 1. The molecule has 3 nitrogen and oxygen atoms in total. The van der Waals surface area contributed by atoms with Gasteiger partial charge in [0, 0.05) is 0 Å². The van der Waals surface area contributed by atoms with Crippen LogP contribution in [-0.2, 0) is 21.3 Å². The average Bonchev–Trinajstić information content (AvgIpc) is 2.47. The molecule has 6 heteroatoms. The lowest BCUT2D eigenvalue weighted by atomic mass is 9.75. The Morgan fingerprint density at radius 1 is 1.27 bits per heavy atom. The van der Waals surface area contributed by atoms with Crippen LogP contribution in [0.2, 0.25) is 0 Å². The Hall–Kier alpha value is -1.56. The van der Waals surface area contributed by atoms with Crippen LogP contribution in [0.25, 0.3) is 0 Å². The summed E-state index contributed by atoms with van der Waals surface area (Å²) in [5.41, 5.74) is -1.45. The molecule has 1 N–H and O–H groups in total. The Labute approximate surface area is 127 Å². The lowest BCUT2D eigenvalue weighted by molar-refractivity contribution is -0.151. The van der Waals surface area contributed by atoms with Gasteiger partial charge in [0.05, 0.1) is 23.7 Å². The second-order valence-electron chi connectivity index (χ2n) is 5.63. The summed E-state index contributed by atoms with van der Waals surface area (Å²) in [7, 11) is 0.